The van der Waals surface area contributed by atoms with Crippen LogP contribution in [0.15, 0.2) is 47.1 Å². The first-order chi connectivity index (χ1) is 8.74. The molecule has 1 amide bonds. The van der Waals surface area contributed by atoms with E-state index in [1.807, 2.05) is 24.3 Å². The molecule has 0 aliphatic heterocycles. The van der Waals surface area contributed by atoms with Gasteiger partial charge >= 0.3 is 0 Å². The number of benzene rings is 1. The SMILES string of the molecule is O=C(Nc1ccc(Br)cn1)C1Cc2ccccc21. The van der Waals surface area contributed by atoms with Crippen LogP contribution >= 0.6 is 15.9 Å². The van der Waals surface area contributed by atoms with Gasteiger partial charge in [-0.3, -0.25) is 4.79 Å². The fourth-order valence-corrected chi connectivity index (χ4v) is 2.39. The zero-order valence-electron chi connectivity index (χ0n) is 9.56. The highest BCUT2D eigenvalue weighted by atomic mass is 79.9. The summed E-state index contributed by atoms with van der Waals surface area (Å²) >= 11 is 3.31. The zero-order chi connectivity index (χ0) is 12.5. The number of aromatic nitrogens is 1. The van der Waals surface area contributed by atoms with E-state index in [2.05, 4.69) is 32.3 Å². The molecular formula is C14H11BrN2O. The average Bonchev–Trinajstić information content (AvgIpc) is 2.34. The lowest BCUT2D eigenvalue weighted by atomic mass is 9.77. The lowest BCUT2D eigenvalue weighted by Crippen LogP contribution is -2.30. The van der Waals surface area contributed by atoms with Crippen LogP contribution in [0.2, 0.25) is 0 Å². The molecular weight excluding hydrogens is 292 g/mol. The molecule has 0 fully saturated rings. The first kappa shape index (κ1) is 11.4. The molecule has 1 aliphatic carbocycles. The summed E-state index contributed by atoms with van der Waals surface area (Å²) in [7, 11) is 0. The number of carbonyl (C=O) groups is 1. The van der Waals surface area contributed by atoms with Gasteiger partial charge in [-0.15, -0.1) is 0 Å². The Labute approximate surface area is 113 Å². The first-order valence-electron chi connectivity index (χ1n) is 5.74. The Morgan fingerprint density at radius 2 is 2.11 bits per heavy atom. The number of halogens is 1. The summed E-state index contributed by atoms with van der Waals surface area (Å²) in [5.41, 5.74) is 2.40. The number of nitrogens with zero attached hydrogens (tertiary/aromatic N) is 1. The van der Waals surface area contributed by atoms with Gasteiger partial charge in [-0.1, -0.05) is 24.3 Å². The van der Waals surface area contributed by atoms with Crippen LogP contribution in [0.3, 0.4) is 0 Å². The van der Waals surface area contributed by atoms with Gasteiger partial charge in [-0.05, 0) is 45.6 Å². The minimum atomic E-state index is -0.0355. The highest BCUT2D eigenvalue weighted by molar-refractivity contribution is 9.10. The van der Waals surface area contributed by atoms with Crippen molar-refractivity contribution in [3.63, 3.8) is 0 Å². The van der Waals surface area contributed by atoms with Crippen molar-refractivity contribution in [3.05, 3.63) is 58.2 Å². The summed E-state index contributed by atoms with van der Waals surface area (Å²) < 4.78 is 0.898. The molecule has 1 aromatic heterocycles. The van der Waals surface area contributed by atoms with E-state index < -0.39 is 0 Å². The molecule has 90 valence electrons. The van der Waals surface area contributed by atoms with Crippen LogP contribution in [0.4, 0.5) is 5.82 Å². The van der Waals surface area contributed by atoms with Gasteiger partial charge in [0.15, 0.2) is 0 Å². The molecule has 2 aromatic rings. The second kappa shape index (κ2) is 4.53. The van der Waals surface area contributed by atoms with Crippen molar-refractivity contribution in [2.45, 2.75) is 12.3 Å². The van der Waals surface area contributed by atoms with Crippen LogP contribution < -0.4 is 5.32 Å². The van der Waals surface area contributed by atoms with Gasteiger partial charge in [0, 0.05) is 10.7 Å². The molecule has 0 saturated heterocycles. The van der Waals surface area contributed by atoms with Gasteiger partial charge < -0.3 is 5.32 Å². The topological polar surface area (TPSA) is 42.0 Å². The Balaban J connectivity index is 1.72. The summed E-state index contributed by atoms with van der Waals surface area (Å²) in [4.78, 5) is 16.2. The van der Waals surface area contributed by atoms with Gasteiger partial charge in [0.05, 0.1) is 5.92 Å². The second-order valence-electron chi connectivity index (χ2n) is 4.31. The molecule has 0 bridgehead atoms. The molecule has 1 atom stereocenters. The monoisotopic (exact) mass is 302 g/mol. The van der Waals surface area contributed by atoms with Crippen molar-refractivity contribution < 1.29 is 4.79 Å². The van der Waals surface area contributed by atoms with Gasteiger partial charge in [-0.25, -0.2) is 4.98 Å². The van der Waals surface area contributed by atoms with Crippen molar-refractivity contribution >= 4 is 27.7 Å². The molecule has 1 aromatic carbocycles. The van der Waals surface area contributed by atoms with Crippen molar-refractivity contribution in [2.24, 2.45) is 0 Å². The predicted molar refractivity (Wildman–Crippen MR) is 73.5 cm³/mol. The Kier molecular flexibility index (Phi) is 2.88. The smallest absolute Gasteiger partial charge is 0.233 e. The normalized spacial score (nSPS) is 16.6. The highest BCUT2D eigenvalue weighted by Gasteiger charge is 2.31. The second-order valence-corrected chi connectivity index (χ2v) is 5.22. The lowest BCUT2D eigenvalue weighted by molar-refractivity contribution is -0.118. The maximum absolute atomic E-state index is 12.1. The molecule has 18 heavy (non-hydrogen) atoms. The Hall–Kier alpha value is -1.68. The Bertz CT molecular complexity index is 595. The molecule has 4 heteroatoms. The predicted octanol–water partition coefficient (Wildman–Crippen LogP) is 3.12. The van der Waals surface area contributed by atoms with Crippen LogP contribution in [0.5, 0.6) is 0 Å². The van der Waals surface area contributed by atoms with Crippen molar-refractivity contribution in [1.82, 2.24) is 4.98 Å². The fraction of sp³-hybridized carbons (Fsp3) is 0.143. The molecule has 3 rings (SSSR count). The van der Waals surface area contributed by atoms with E-state index in [9.17, 15) is 4.79 Å². The minimum Gasteiger partial charge on any atom is -0.310 e. The van der Waals surface area contributed by atoms with E-state index in [0.29, 0.717) is 5.82 Å². The number of hydrogen-bond donors (Lipinski definition) is 1. The quantitative estimate of drug-likeness (QED) is 0.926. The Morgan fingerprint density at radius 1 is 1.28 bits per heavy atom. The van der Waals surface area contributed by atoms with Gasteiger partial charge in [0.2, 0.25) is 5.91 Å². The molecule has 0 radical (unpaired) electrons. The number of nitrogens with one attached hydrogen (secondary N) is 1. The molecule has 3 nitrogen and oxygen atoms in total. The molecule has 1 aliphatic rings. The number of fused-ring (bicyclic) bond motifs is 1. The van der Waals surface area contributed by atoms with Crippen LogP contribution in [0.25, 0.3) is 0 Å². The molecule has 1 heterocycles. The average molecular weight is 303 g/mol. The van der Waals surface area contributed by atoms with Crippen LogP contribution in [0.1, 0.15) is 17.0 Å². The third kappa shape index (κ3) is 2.04. The van der Waals surface area contributed by atoms with E-state index in [-0.39, 0.29) is 11.8 Å². The number of pyridine rings is 1. The third-order valence-corrected chi connectivity index (χ3v) is 3.62. The molecule has 0 spiro atoms. The summed E-state index contributed by atoms with van der Waals surface area (Å²) in [6.07, 6.45) is 2.49. The van der Waals surface area contributed by atoms with Crippen molar-refractivity contribution in [2.75, 3.05) is 5.32 Å². The largest absolute Gasteiger partial charge is 0.310 e. The van der Waals surface area contributed by atoms with Gasteiger partial charge in [-0.2, -0.15) is 0 Å². The van der Waals surface area contributed by atoms with Crippen LogP contribution in [0, 0.1) is 0 Å². The number of anilines is 1. The van der Waals surface area contributed by atoms with Gasteiger partial charge in [0.25, 0.3) is 0 Å². The van der Waals surface area contributed by atoms with Crippen molar-refractivity contribution in [3.8, 4) is 0 Å². The summed E-state index contributed by atoms with van der Waals surface area (Å²) in [6, 6.07) is 11.7. The fourth-order valence-electron chi connectivity index (χ4n) is 2.16. The number of amides is 1. The summed E-state index contributed by atoms with van der Waals surface area (Å²) in [5, 5.41) is 2.84. The summed E-state index contributed by atoms with van der Waals surface area (Å²) in [5.74, 6) is 0.572. The number of rotatable bonds is 2. The summed E-state index contributed by atoms with van der Waals surface area (Å²) in [6.45, 7) is 0. The number of carbonyl (C=O) groups excluding carboxylic acids is 1. The van der Waals surface area contributed by atoms with Crippen molar-refractivity contribution in [1.29, 1.82) is 0 Å². The third-order valence-electron chi connectivity index (χ3n) is 3.15. The van der Waals surface area contributed by atoms with E-state index in [4.69, 9.17) is 0 Å². The van der Waals surface area contributed by atoms with Gasteiger partial charge in [0.1, 0.15) is 5.82 Å². The number of hydrogen-bond acceptors (Lipinski definition) is 2. The maximum atomic E-state index is 12.1. The molecule has 1 N–H and O–H groups in total. The lowest BCUT2D eigenvalue weighted by Gasteiger charge is -2.28. The first-order valence-corrected chi connectivity index (χ1v) is 6.53. The van der Waals surface area contributed by atoms with E-state index >= 15 is 0 Å². The van der Waals surface area contributed by atoms with Crippen LogP contribution in [-0.4, -0.2) is 10.9 Å². The highest BCUT2D eigenvalue weighted by Crippen LogP contribution is 2.35. The van der Waals surface area contributed by atoms with E-state index in [1.165, 1.54) is 5.56 Å². The molecule has 0 saturated carbocycles. The Morgan fingerprint density at radius 3 is 2.83 bits per heavy atom. The van der Waals surface area contributed by atoms with E-state index in [1.54, 1.807) is 12.3 Å². The standard InChI is InChI=1S/C14H11BrN2O/c15-10-5-6-13(16-8-10)17-14(18)12-7-9-3-1-2-4-11(9)12/h1-6,8,12H,7H2,(H,16,17,18). The molecule has 1 unspecified atom stereocenters. The van der Waals surface area contributed by atoms with Crippen LogP contribution in [-0.2, 0) is 11.2 Å². The maximum Gasteiger partial charge on any atom is 0.233 e. The minimum absolute atomic E-state index is 0.0172. The van der Waals surface area contributed by atoms with E-state index in [0.717, 1.165) is 16.5 Å². The zero-order valence-corrected chi connectivity index (χ0v) is 11.1.